The van der Waals surface area contributed by atoms with Crippen molar-refractivity contribution in [2.45, 2.75) is 25.5 Å². The van der Waals surface area contributed by atoms with E-state index in [1.165, 1.54) is 12.8 Å². The van der Waals surface area contributed by atoms with Crippen LogP contribution in [0.3, 0.4) is 0 Å². The van der Waals surface area contributed by atoms with E-state index in [0.29, 0.717) is 22.7 Å². The second kappa shape index (κ2) is 5.87. The van der Waals surface area contributed by atoms with E-state index < -0.39 is 0 Å². The number of rotatable bonds is 4. The average Bonchev–Trinajstić information content (AvgIpc) is 2.76. The molecule has 0 spiro atoms. The molecule has 1 aromatic carbocycles. The summed E-state index contributed by atoms with van der Waals surface area (Å²) in [4.78, 5) is 0. The molecule has 1 heterocycles. The summed E-state index contributed by atoms with van der Waals surface area (Å²) >= 11 is 11.9. The summed E-state index contributed by atoms with van der Waals surface area (Å²) in [5.74, 6) is 0. The zero-order chi connectivity index (χ0) is 11.4. The highest BCUT2D eigenvalue weighted by Gasteiger charge is 2.13. The predicted molar refractivity (Wildman–Crippen MR) is 67.1 cm³/mol. The normalized spacial score (nSPS) is 20.2. The lowest BCUT2D eigenvalue weighted by molar-refractivity contribution is 0.103. The number of ether oxygens (including phenoxy) is 1. The highest BCUT2D eigenvalue weighted by Crippen LogP contribution is 2.21. The fourth-order valence-corrected chi connectivity index (χ4v) is 2.23. The molecule has 0 bridgehead atoms. The standard InChI is InChI=1S/C12H15Cl2NO/c13-10-3-4-12(14)9(6-10)7-16-8-11-2-1-5-15-11/h3-4,6,11,15H,1-2,5,7-8H2/t11-/m0/s1. The van der Waals surface area contributed by atoms with Crippen LogP contribution < -0.4 is 5.32 Å². The van der Waals surface area contributed by atoms with Crippen molar-refractivity contribution in [3.05, 3.63) is 33.8 Å². The third kappa shape index (κ3) is 3.36. The second-order valence-electron chi connectivity index (χ2n) is 4.04. The Labute approximate surface area is 106 Å². The summed E-state index contributed by atoms with van der Waals surface area (Å²) in [6.45, 7) is 2.37. The molecule has 1 aliphatic heterocycles. The first-order valence-electron chi connectivity index (χ1n) is 5.51. The number of benzene rings is 1. The molecule has 4 heteroatoms. The Morgan fingerprint density at radius 3 is 3.00 bits per heavy atom. The molecule has 1 aliphatic rings. The van der Waals surface area contributed by atoms with Crippen molar-refractivity contribution in [3.63, 3.8) is 0 Å². The first-order chi connectivity index (χ1) is 7.75. The van der Waals surface area contributed by atoms with Gasteiger partial charge in [0, 0.05) is 16.1 Å². The average molecular weight is 260 g/mol. The van der Waals surface area contributed by atoms with Gasteiger partial charge in [-0.05, 0) is 43.1 Å². The van der Waals surface area contributed by atoms with Crippen LogP contribution in [0.1, 0.15) is 18.4 Å². The third-order valence-electron chi connectivity index (χ3n) is 2.75. The lowest BCUT2D eigenvalue weighted by Gasteiger charge is -2.11. The number of hydrogen-bond acceptors (Lipinski definition) is 2. The van der Waals surface area contributed by atoms with Gasteiger partial charge in [-0.2, -0.15) is 0 Å². The lowest BCUT2D eigenvalue weighted by Crippen LogP contribution is -2.26. The highest BCUT2D eigenvalue weighted by atomic mass is 35.5. The SMILES string of the molecule is Clc1ccc(Cl)c(COC[C@@H]2CCCN2)c1. The van der Waals surface area contributed by atoms with Crippen molar-refractivity contribution >= 4 is 23.2 Å². The van der Waals surface area contributed by atoms with Crippen LogP contribution in [-0.4, -0.2) is 19.2 Å². The minimum Gasteiger partial charge on any atom is -0.375 e. The molecule has 1 atom stereocenters. The largest absolute Gasteiger partial charge is 0.375 e. The molecule has 2 rings (SSSR count). The van der Waals surface area contributed by atoms with Crippen molar-refractivity contribution in [1.82, 2.24) is 5.32 Å². The molecule has 2 nitrogen and oxygen atoms in total. The molecule has 0 aliphatic carbocycles. The Balaban J connectivity index is 1.82. The maximum atomic E-state index is 6.04. The lowest BCUT2D eigenvalue weighted by atomic mass is 10.2. The van der Waals surface area contributed by atoms with Gasteiger partial charge in [0.2, 0.25) is 0 Å². The van der Waals surface area contributed by atoms with Crippen molar-refractivity contribution < 1.29 is 4.74 Å². The summed E-state index contributed by atoms with van der Waals surface area (Å²) in [6, 6.07) is 5.94. The van der Waals surface area contributed by atoms with Crippen LogP contribution in [0, 0.1) is 0 Å². The maximum absolute atomic E-state index is 6.04. The van der Waals surface area contributed by atoms with Crippen LogP contribution in [0.4, 0.5) is 0 Å². The van der Waals surface area contributed by atoms with Gasteiger partial charge in [0.1, 0.15) is 0 Å². The number of hydrogen-bond donors (Lipinski definition) is 1. The summed E-state index contributed by atoms with van der Waals surface area (Å²) in [5.41, 5.74) is 0.951. The van der Waals surface area contributed by atoms with E-state index in [2.05, 4.69) is 5.32 Å². The molecular formula is C12H15Cl2NO. The van der Waals surface area contributed by atoms with Crippen LogP contribution in [0.15, 0.2) is 18.2 Å². The van der Waals surface area contributed by atoms with E-state index in [0.717, 1.165) is 18.7 Å². The van der Waals surface area contributed by atoms with Crippen molar-refractivity contribution in [2.24, 2.45) is 0 Å². The van der Waals surface area contributed by atoms with Gasteiger partial charge < -0.3 is 10.1 Å². The molecule has 0 saturated carbocycles. The summed E-state index contributed by atoms with van der Waals surface area (Å²) in [5, 5.41) is 4.79. The van der Waals surface area contributed by atoms with Gasteiger partial charge in [-0.15, -0.1) is 0 Å². The monoisotopic (exact) mass is 259 g/mol. The van der Waals surface area contributed by atoms with Crippen molar-refractivity contribution in [1.29, 1.82) is 0 Å². The summed E-state index contributed by atoms with van der Waals surface area (Å²) < 4.78 is 5.63. The van der Waals surface area contributed by atoms with E-state index in [1.807, 2.05) is 6.07 Å². The molecule has 0 amide bonds. The van der Waals surface area contributed by atoms with Crippen LogP contribution in [0.5, 0.6) is 0 Å². The molecule has 1 N–H and O–H groups in total. The van der Waals surface area contributed by atoms with Gasteiger partial charge in [0.25, 0.3) is 0 Å². The smallest absolute Gasteiger partial charge is 0.0732 e. The highest BCUT2D eigenvalue weighted by molar-refractivity contribution is 6.33. The minimum atomic E-state index is 0.498. The molecule has 0 radical (unpaired) electrons. The van der Waals surface area contributed by atoms with E-state index >= 15 is 0 Å². The van der Waals surface area contributed by atoms with Gasteiger partial charge in [-0.1, -0.05) is 23.2 Å². The first kappa shape index (κ1) is 12.2. The number of nitrogens with one attached hydrogen (secondary N) is 1. The van der Waals surface area contributed by atoms with Gasteiger partial charge in [-0.25, -0.2) is 0 Å². The molecule has 1 fully saturated rings. The van der Waals surface area contributed by atoms with Crippen molar-refractivity contribution in [2.75, 3.05) is 13.2 Å². The van der Waals surface area contributed by atoms with Crippen LogP contribution >= 0.6 is 23.2 Å². The molecular weight excluding hydrogens is 245 g/mol. The van der Waals surface area contributed by atoms with E-state index in [9.17, 15) is 0 Å². The molecule has 1 saturated heterocycles. The summed E-state index contributed by atoms with van der Waals surface area (Å²) in [7, 11) is 0. The van der Waals surface area contributed by atoms with Gasteiger partial charge in [0.05, 0.1) is 13.2 Å². The van der Waals surface area contributed by atoms with E-state index in [-0.39, 0.29) is 0 Å². The molecule has 16 heavy (non-hydrogen) atoms. The zero-order valence-electron chi connectivity index (χ0n) is 9.01. The topological polar surface area (TPSA) is 21.3 Å². The van der Waals surface area contributed by atoms with Crippen molar-refractivity contribution in [3.8, 4) is 0 Å². The maximum Gasteiger partial charge on any atom is 0.0732 e. The Bertz CT molecular complexity index is 351. The fourth-order valence-electron chi connectivity index (χ4n) is 1.86. The van der Waals surface area contributed by atoms with E-state index in [1.54, 1.807) is 12.1 Å². The van der Waals surface area contributed by atoms with Crippen LogP contribution in [-0.2, 0) is 11.3 Å². The fraction of sp³-hybridized carbons (Fsp3) is 0.500. The minimum absolute atomic E-state index is 0.498. The predicted octanol–water partition coefficient (Wildman–Crippen LogP) is 3.26. The molecule has 0 aromatic heterocycles. The first-order valence-corrected chi connectivity index (χ1v) is 6.26. The van der Waals surface area contributed by atoms with Crippen LogP contribution in [0.2, 0.25) is 10.0 Å². The molecule has 88 valence electrons. The second-order valence-corrected chi connectivity index (χ2v) is 4.89. The summed E-state index contributed by atoms with van der Waals surface area (Å²) in [6.07, 6.45) is 2.44. The Morgan fingerprint density at radius 1 is 1.38 bits per heavy atom. The van der Waals surface area contributed by atoms with E-state index in [4.69, 9.17) is 27.9 Å². The van der Waals surface area contributed by atoms with Gasteiger partial charge >= 0.3 is 0 Å². The van der Waals surface area contributed by atoms with Gasteiger partial charge in [-0.3, -0.25) is 0 Å². The van der Waals surface area contributed by atoms with Gasteiger partial charge in [0.15, 0.2) is 0 Å². The Morgan fingerprint density at radius 2 is 2.25 bits per heavy atom. The molecule has 0 unspecified atom stereocenters. The Hall–Kier alpha value is -0.280. The molecule has 1 aromatic rings. The zero-order valence-corrected chi connectivity index (χ0v) is 10.5. The Kier molecular flexibility index (Phi) is 4.47. The third-order valence-corrected chi connectivity index (χ3v) is 3.35. The van der Waals surface area contributed by atoms with Crippen LogP contribution in [0.25, 0.3) is 0 Å². The number of halogens is 2. The quantitative estimate of drug-likeness (QED) is 0.897.